The third kappa shape index (κ3) is 6.02. The summed E-state index contributed by atoms with van der Waals surface area (Å²) in [6.45, 7) is 5.27. The van der Waals surface area contributed by atoms with Crippen molar-refractivity contribution in [2.24, 2.45) is 0 Å². The second-order valence-electron chi connectivity index (χ2n) is 5.17. The molecule has 0 aliphatic carbocycles. The van der Waals surface area contributed by atoms with Gasteiger partial charge in [0.1, 0.15) is 11.6 Å². The Kier molecular flexibility index (Phi) is 7.07. The van der Waals surface area contributed by atoms with Crippen molar-refractivity contribution < 1.29 is 4.79 Å². The van der Waals surface area contributed by atoms with Gasteiger partial charge in [-0.2, -0.15) is 5.26 Å². The zero-order valence-corrected chi connectivity index (χ0v) is 14.4. The number of nitriles is 1. The maximum atomic E-state index is 12.0. The van der Waals surface area contributed by atoms with E-state index in [1.54, 1.807) is 0 Å². The summed E-state index contributed by atoms with van der Waals surface area (Å²) in [6, 6.07) is 9.41. The first-order chi connectivity index (χ1) is 11.2. The highest BCUT2D eigenvalue weighted by Crippen LogP contribution is 2.14. The van der Waals surface area contributed by atoms with Crippen molar-refractivity contribution in [2.75, 3.05) is 44.6 Å². The zero-order valence-electron chi connectivity index (χ0n) is 12.8. The van der Waals surface area contributed by atoms with Crippen LogP contribution in [0, 0.1) is 11.3 Å². The molecule has 0 spiro atoms. The monoisotopic (exact) mass is 377 g/mol. The lowest BCUT2D eigenvalue weighted by Gasteiger charge is -2.27. The number of amides is 1. The molecule has 1 heterocycles. The van der Waals surface area contributed by atoms with E-state index >= 15 is 0 Å². The van der Waals surface area contributed by atoms with Gasteiger partial charge in [-0.05, 0) is 24.3 Å². The van der Waals surface area contributed by atoms with Crippen LogP contribution in [0.5, 0.6) is 0 Å². The van der Waals surface area contributed by atoms with Crippen molar-refractivity contribution in [2.45, 2.75) is 0 Å². The molecule has 1 aliphatic heterocycles. The Bertz CT molecular complexity index is 587. The lowest BCUT2D eigenvalue weighted by molar-refractivity contribution is -0.117. The first kappa shape index (κ1) is 17.5. The van der Waals surface area contributed by atoms with Crippen LogP contribution in [0.15, 0.2) is 40.5 Å². The average Bonchev–Trinajstić information content (AvgIpc) is 2.58. The number of rotatable bonds is 6. The van der Waals surface area contributed by atoms with Gasteiger partial charge in [-0.1, -0.05) is 15.9 Å². The molecule has 1 amide bonds. The summed E-state index contributed by atoms with van der Waals surface area (Å²) in [5, 5.41) is 18.2. The van der Waals surface area contributed by atoms with Crippen LogP contribution in [0.1, 0.15) is 0 Å². The Morgan fingerprint density at radius 3 is 2.70 bits per heavy atom. The largest absolute Gasteiger partial charge is 0.360 e. The number of piperazine rings is 1. The molecule has 0 radical (unpaired) electrons. The van der Waals surface area contributed by atoms with E-state index in [1.165, 1.54) is 6.20 Å². The number of halogens is 1. The maximum absolute atomic E-state index is 12.0. The molecule has 23 heavy (non-hydrogen) atoms. The number of hydrogen-bond acceptors (Lipinski definition) is 5. The Labute approximate surface area is 144 Å². The summed E-state index contributed by atoms with van der Waals surface area (Å²) >= 11 is 3.36. The summed E-state index contributed by atoms with van der Waals surface area (Å²) < 4.78 is 0.971. The standard InChI is InChI=1S/C16H20BrN5O/c17-14-1-3-15(4-2-14)21-12-13(11-18)16(23)20-7-10-22-8-5-19-6-9-22/h1-4,12,19,21H,5-10H2,(H,20,23)/b13-12-. The molecule has 1 aliphatic rings. The molecule has 0 unspecified atom stereocenters. The molecule has 0 saturated carbocycles. The van der Waals surface area contributed by atoms with E-state index in [-0.39, 0.29) is 11.5 Å². The number of benzene rings is 1. The fourth-order valence-electron chi connectivity index (χ4n) is 2.21. The molecule has 1 saturated heterocycles. The normalized spacial score (nSPS) is 15.7. The smallest absolute Gasteiger partial charge is 0.263 e. The van der Waals surface area contributed by atoms with Crippen LogP contribution >= 0.6 is 15.9 Å². The van der Waals surface area contributed by atoms with E-state index in [4.69, 9.17) is 5.26 Å². The van der Waals surface area contributed by atoms with E-state index in [2.05, 4.69) is 36.8 Å². The molecule has 2 rings (SSSR count). The number of carbonyl (C=O) groups excluding carboxylic acids is 1. The molecule has 7 heteroatoms. The summed E-state index contributed by atoms with van der Waals surface area (Å²) in [4.78, 5) is 14.3. The highest BCUT2D eigenvalue weighted by atomic mass is 79.9. The summed E-state index contributed by atoms with van der Waals surface area (Å²) in [5.74, 6) is -0.354. The van der Waals surface area contributed by atoms with Gasteiger partial charge >= 0.3 is 0 Å². The third-order valence-corrected chi connectivity index (χ3v) is 4.04. The average molecular weight is 378 g/mol. The SMILES string of the molecule is N#C/C(=C/Nc1ccc(Br)cc1)C(=O)NCCN1CCNCC1. The van der Waals surface area contributed by atoms with Gasteiger partial charge in [0, 0.05) is 55.6 Å². The minimum Gasteiger partial charge on any atom is -0.360 e. The first-order valence-corrected chi connectivity index (χ1v) is 8.32. The molecular formula is C16H20BrN5O. The fourth-order valence-corrected chi connectivity index (χ4v) is 2.47. The number of anilines is 1. The number of nitrogens with zero attached hydrogens (tertiary/aromatic N) is 2. The Balaban J connectivity index is 1.79. The maximum Gasteiger partial charge on any atom is 0.263 e. The van der Waals surface area contributed by atoms with Crippen LogP contribution < -0.4 is 16.0 Å². The molecule has 0 bridgehead atoms. The van der Waals surface area contributed by atoms with E-state index < -0.39 is 0 Å². The third-order valence-electron chi connectivity index (χ3n) is 3.52. The summed E-state index contributed by atoms with van der Waals surface area (Å²) in [6.07, 6.45) is 1.43. The van der Waals surface area contributed by atoms with Crippen molar-refractivity contribution in [1.82, 2.24) is 15.5 Å². The summed E-state index contributed by atoms with van der Waals surface area (Å²) in [5.41, 5.74) is 0.878. The topological polar surface area (TPSA) is 80.2 Å². The van der Waals surface area contributed by atoms with Crippen LogP contribution in [0.25, 0.3) is 0 Å². The van der Waals surface area contributed by atoms with Gasteiger partial charge in [0.2, 0.25) is 0 Å². The van der Waals surface area contributed by atoms with Crippen LogP contribution in [0.2, 0.25) is 0 Å². The molecule has 3 N–H and O–H groups in total. The van der Waals surface area contributed by atoms with Gasteiger partial charge in [-0.15, -0.1) is 0 Å². The van der Waals surface area contributed by atoms with Crippen LogP contribution in [0.4, 0.5) is 5.69 Å². The van der Waals surface area contributed by atoms with Gasteiger partial charge in [0.05, 0.1) is 0 Å². The fraction of sp³-hybridized carbons (Fsp3) is 0.375. The van der Waals surface area contributed by atoms with Crippen LogP contribution in [-0.2, 0) is 4.79 Å². The molecule has 1 aromatic carbocycles. The number of carbonyl (C=O) groups is 1. The number of hydrogen-bond donors (Lipinski definition) is 3. The van der Waals surface area contributed by atoms with Gasteiger partial charge in [-0.3, -0.25) is 9.69 Å². The highest BCUT2D eigenvalue weighted by molar-refractivity contribution is 9.10. The van der Waals surface area contributed by atoms with E-state index in [9.17, 15) is 4.79 Å². The molecule has 1 aromatic rings. The van der Waals surface area contributed by atoms with Crippen molar-refractivity contribution in [3.8, 4) is 6.07 Å². The van der Waals surface area contributed by atoms with E-state index in [0.717, 1.165) is 42.9 Å². The lowest BCUT2D eigenvalue weighted by Crippen LogP contribution is -2.46. The minimum atomic E-state index is -0.354. The van der Waals surface area contributed by atoms with Crippen molar-refractivity contribution >= 4 is 27.5 Å². The van der Waals surface area contributed by atoms with Crippen molar-refractivity contribution in [1.29, 1.82) is 5.26 Å². The Morgan fingerprint density at radius 2 is 2.04 bits per heavy atom. The summed E-state index contributed by atoms with van der Waals surface area (Å²) in [7, 11) is 0. The molecule has 1 fully saturated rings. The van der Waals surface area contributed by atoms with Gasteiger partial charge in [-0.25, -0.2) is 0 Å². The Hall–Kier alpha value is -1.88. The van der Waals surface area contributed by atoms with E-state index in [0.29, 0.717) is 6.54 Å². The Morgan fingerprint density at radius 1 is 1.35 bits per heavy atom. The van der Waals surface area contributed by atoms with Gasteiger partial charge in [0.15, 0.2) is 0 Å². The molecule has 122 valence electrons. The minimum absolute atomic E-state index is 0.0632. The zero-order chi connectivity index (χ0) is 16.5. The molecular weight excluding hydrogens is 358 g/mol. The van der Waals surface area contributed by atoms with Crippen LogP contribution in [-0.4, -0.2) is 50.1 Å². The molecule has 6 nitrogen and oxygen atoms in total. The first-order valence-electron chi connectivity index (χ1n) is 7.52. The van der Waals surface area contributed by atoms with Crippen LogP contribution in [0.3, 0.4) is 0 Å². The van der Waals surface area contributed by atoms with Gasteiger partial charge < -0.3 is 16.0 Å². The second kappa shape index (κ2) is 9.30. The van der Waals surface area contributed by atoms with Gasteiger partial charge in [0.25, 0.3) is 5.91 Å². The van der Waals surface area contributed by atoms with Crippen molar-refractivity contribution in [3.05, 3.63) is 40.5 Å². The van der Waals surface area contributed by atoms with E-state index in [1.807, 2.05) is 30.3 Å². The second-order valence-corrected chi connectivity index (χ2v) is 6.08. The quantitative estimate of drug-likeness (QED) is 0.514. The molecule has 0 atom stereocenters. The molecule has 0 aromatic heterocycles. The van der Waals surface area contributed by atoms with Crippen molar-refractivity contribution in [3.63, 3.8) is 0 Å². The predicted molar refractivity (Wildman–Crippen MR) is 93.8 cm³/mol. The number of nitrogens with one attached hydrogen (secondary N) is 3. The lowest BCUT2D eigenvalue weighted by atomic mass is 10.2. The highest BCUT2D eigenvalue weighted by Gasteiger charge is 2.11. The predicted octanol–water partition coefficient (Wildman–Crippen LogP) is 1.29.